The van der Waals surface area contributed by atoms with Crippen LogP contribution in [-0.2, 0) is 10.5 Å². The van der Waals surface area contributed by atoms with Crippen LogP contribution in [0.2, 0.25) is 0 Å². The summed E-state index contributed by atoms with van der Waals surface area (Å²) in [7, 11) is 0. The van der Waals surface area contributed by atoms with Crippen molar-refractivity contribution in [3.05, 3.63) is 11.7 Å². The molecule has 1 rings (SSSR count). The molecule has 1 heterocycles. The number of hydrogen-bond acceptors (Lipinski definition) is 6. The van der Waals surface area contributed by atoms with Crippen LogP contribution in [0, 0.1) is 0 Å². The lowest BCUT2D eigenvalue weighted by Crippen LogP contribution is -2.30. The number of thioether (sulfide) groups is 1. The zero-order valence-corrected chi connectivity index (χ0v) is 10.7. The molecular formula is C10H17N3O3S. The smallest absolute Gasteiger partial charge is 0.320 e. The summed E-state index contributed by atoms with van der Waals surface area (Å²) in [5, 5.41) is 12.4. The first-order valence-corrected chi connectivity index (χ1v) is 6.54. The number of nitrogens with zero attached hydrogens (tertiary/aromatic N) is 2. The van der Waals surface area contributed by atoms with E-state index in [4.69, 9.17) is 15.4 Å². The minimum absolute atomic E-state index is 0.224. The second-order valence-corrected chi connectivity index (χ2v) is 5.09. The third-order valence-electron chi connectivity index (χ3n) is 2.10. The highest BCUT2D eigenvalue weighted by atomic mass is 32.2. The standard InChI is InChI=1S/C10H17N3O3S/c1-6(2)9-12-8(13-16-9)5-17-4-3-7(11)10(14)15/h6-7H,3-5,11H2,1-2H3,(H,14,15). The van der Waals surface area contributed by atoms with Gasteiger partial charge in [0.25, 0.3) is 0 Å². The summed E-state index contributed by atoms with van der Waals surface area (Å²) in [5.74, 6) is 1.81. The third-order valence-corrected chi connectivity index (χ3v) is 3.09. The molecule has 0 radical (unpaired) electrons. The van der Waals surface area contributed by atoms with Crippen LogP contribution in [0.5, 0.6) is 0 Å². The molecule has 1 atom stereocenters. The highest BCUT2D eigenvalue weighted by Crippen LogP contribution is 2.15. The van der Waals surface area contributed by atoms with E-state index in [0.29, 0.717) is 29.6 Å². The molecular weight excluding hydrogens is 242 g/mol. The topological polar surface area (TPSA) is 102 Å². The number of carbonyl (C=O) groups is 1. The summed E-state index contributed by atoms with van der Waals surface area (Å²) in [6.07, 6.45) is 0.439. The molecule has 96 valence electrons. The number of rotatable bonds is 7. The largest absolute Gasteiger partial charge is 0.480 e. The van der Waals surface area contributed by atoms with E-state index in [2.05, 4.69) is 10.1 Å². The molecule has 0 saturated carbocycles. The zero-order valence-electron chi connectivity index (χ0n) is 9.92. The van der Waals surface area contributed by atoms with Crippen molar-refractivity contribution >= 4 is 17.7 Å². The second kappa shape index (κ2) is 6.61. The van der Waals surface area contributed by atoms with Gasteiger partial charge in [0.1, 0.15) is 6.04 Å². The lowest BCUT2D eigenvalue weighted by Gasteiger charge is -2.04. The van der Waals surface area contributed by atoms with Gasteiger partial charge in [0.15, 0.2) is 5.82 Å². The number of carboxylic acid groups (broad SMARTS) is 1. The van der Waals surface area contributed by atoms with Crippen LogP contribution in [0.1, 0.15) is 37.9 Å². The number of aliphatic carboxylic acids is 1. The molecule has 0 fully saturated rings. The first-order valence-electron chi connectivity index (χ1n) is 5.39. The molecule has 3 N–H and O–H groups in total. The molecule has 1 aromatic rings. The minimum atomic E-state index is -0.966. The molecule has 1 unspecified atom stereocenters. The van der Waals surface area contributed by atoms with Crippen molar-refractivity contribution in [1.29, 1.82) is 0 Å². The Morgan fingerprint density at radius 2 is 2.29 bits per heavy atom. The second-order valence-electron chi connectivity index (χ2n) is 3.99. The Morgan fingerprint density at radius 3 is 2.82 bits per heavy atom. The zero-order chi connectivity index (χ0) is 12.8. The van der Waals surface area contributed by atoms with Gasteiger partial charge in [0.2, 0.25) is 5.89 Å². The van der Waals surface area contributed by atoms with Crippen LogP contribution in [0.25, 0.3) is 0 Å². The molecule has 1 aromatic heterocycles. The summed E-state index contributed by atoms with van der Waals surface area (Å²) in [6.45, 7) is 3.96. The van der Waals surface area contributed by atoms with Crippen molar-refractivity contribution in [2.24, 2.45) is 5.73 Å². The highest BCUT2D eigenvalue weighted by molar-refractivity contribution is 7.98. The fourth-order valence-electron chi connectivity index (χ4n) is 1.06. The maximum absolute atomic E-state index is 10.5. The summed E-state index contributed by atoms with van der Waals surface area (Å²) in [5.41, 5.74) is 5.38. The van der Waals surface area contributed by atoms with E-state index in [1.165, 1.54) is 0 Å². The minimum Gasteiger partial charge on any atom is -0.480 e. The van der Waals surface area contributed by atoms with Crippen LogP contribution >= 0.6 is 11.8 Å². The van der Waals surface area contributed by atoms with Crippen LogP contribution < -0.4 is 5.73 Å². The highest BCUT2D eigenvalue weighted by Gasteiger charge is 2.12. The lowest BCUT2D eigenvalue weighted by atomic mass is 10.2. The number of aromatic nitrogens is 2. The van der Waals surface area contributed by atoms with Crippen LogP contribution in [-0.4, -0.2) is 33.0 Å². The van der Waals surface area contributed by atoms with Crippen LogP contribution in [0.4, 0.5) is 0 Å². The molecule has 0 aromatic carbocycles. The number of carboxylic acids is 1. The first kappa shape index (κ1) is 14.0. The Kier molecular flexibility index (Phi) is 5.43. The van der Waals surface area contributed by atoms with Crippen molar-refractivity contribution in [3.8, 4) is 0 Å². The summed E-state index contributed by atoms with van der Waals surface area (Å²) in [6, 6.07) is -0.793. The number of hydrogen-bond donors (Lipinski definition) is 2. The van der Waals surface area contributed by atoms with Gasteiger partial charge in [-0.15, -0.1) is 0 Å². The normalized spacial score (nSPS) is 12.9. The molecule has 0 aliphatic heterocycles. The predicted molar refractivity (Wildman–Crippen MR) is 64.8 cm³/mol. The van der Waals surface area contributed by atoms with Crippen molar-refractivity contribution < 1.29 is 14.4 Å². The van der Waals surface area contributed by atoms with Crippen LogP contribution in [0.15, 0.2) is 4.52 Å². The van der Waals surface area contributed by atoms with Crippen LogP contribution in [0.3, 0.4) is 0 Å². The van der Waals surface area contributed by atoms with Crippen molar-refractivity contribution in [2.75, 3.05) is 5.75 Å². The van der Waals surface area contributed by atoms with E-state index in [9.17, 15) is 4.79 Å². The van der Waals surface area contributed by atoms with E-state index < -0.39 is 12.0 Å². The van der Waals surface area contributed by atoms with Gasteiger partial charge in [-0.2, -0.15) is 16.7 Å². The van der Waals surface area contributed by atoms with Gasteiger partial charge in [-0.05, 0) is 12.2 Å². The average molecular weight is 259 g/mol. The molecule has 17 heavy (non-hydrogen) atoms. The Balaban J connectivity index is 2.24. The number of nitrogens with two attached hydrogens (primary N) is 1. The van der Waals surface area contributed by atoms with Gasteiger partial charge in [-0.3, -0.25) is 4.79 Å². The molecule has 7 heteroatoms. The molecule has 0 spiro atoms. The summed E-state index contributed by atoms with van der Waals surface area (Å²) < 4.78 is 5.05. The first-order chi connectivity index (χ1) is 8.00. The van der Waals surface area contributed by atoms with E-state index in [1.54, 1.807) is 11.8 Å². The van der Waals surface area contributed by atoms with Crippen molar-refractivity contribution in [1.82, 2.24) is 10.1 Å². The van der Waals surface area contributed by atoms with Gasteiger partial charge in [-0.1, -0.05) is 19.0 Å². The fraction of sp³-hybridized carbons (Fsp3) is 0.700. The molecule has 0 bridgehead atoms. The fourth-order valence-corrected chi connectivity index (χ4v) is 1.92. The predicted octanol–water partition coefficient (Wildman–Crippen LogP) is 1.23. The Hall–Kier alpha value is -1.08. The van der Waals surface area contributed by atoms with Gasteiger partial charge in [0, 0.05) is 5.92 Å². The van der Waals surface area contributed by atoms with Gasteiger partial charge in [-0.25, -0.2) is 0 Å². The lowest BCUT2D eigenvalue weighted by molar-refractivity contribution is -0.138. The average Bonchev–Trinajstić information content (AvgIpc) is 2.72. The Morgan fingerprint density at radius 1 is 1.59 bits per heavy atom. The Labute approximate surface area is 104 Å². The Bertz CT molecular complexity index is 367. The molecule has 0 aliphatic carbocycles. The van der Waals surface area contributed by atoms with E-state index in [1.807, 2.05) is 13.8 Å². The maximum atomic E-state index is 10.5. The van der Waals surface area contributed by atoms with Gasteiger partial charge >= 0.3 is 5.97 Å². The molecule has 0 amide bonds. The van der Waals surface area contributed by atoms with E-state index in [0.717, 1.165) is 0 Å². The summed E-state index contributed by atoms with van der Waals surface area (Å²) in [4.78, 5) is 14.7. The van der Waals surface area contributed by atoms with Gasteiger partial charge in [0.05, 0.1) is 5.75 Å². The quantitative estimate of drug-likeness (QED) is 0.710. The van der Waals surface area contributed by atoms with Crippen molar-refractivity contribution in [2.45, 2.75) is 38.0 Å². The molecule has 0 aliphatic rings. The summed E-state index contributed by atoms with van der Waals surface area (Å²) >= 11 is 1.55. The van der Waals surface area contributed by atoms with E-state index >= 15 is 0 Å². The van der Waals surface area contributed by atoms with E-state index in [-0.39, 0.29) is 5.92 Å². The van der Waals surface area contributed by atoms with Crippen molar-refractivity contribution in [3.63, 3.8) is 0 Å². The monoisotopic (exact) mass is 259 g/mol. The molecule has 6 nitrogen and oxygen atoms in total. The van der Waals surface area contributed by atoms with Gasteiger partial charge < -0.3 is 15.4 Å². The maximum Gasteiger partial charge on any atom is 0.320 e. The third kappa shape index (κ3) is 4.74. The SMILES string of the molecule is CC(C)c1nc(CSCCC(N)C(=O)O)no1. The molecule has 0 saturated heterocycles.